The van der Waals surface area contributed by atoms with Crippen LogP contribution in [0.5, 0.6) is 0 Å². The Hall–Kier alpha value is -0.570. The second-order valence-corrected chi connectivity index (χ2v) is 6.86. The number of rotatable bonds is 9. The van der Waals surface area contributed by atoms with Gasteiger partial charge in [-0.3, -0.25) is 4.79 Å². The molecule has 1 amide bonds. The van der Waals surface area contributed by atoms with E-state index in [-0.39, 0.29) is 11.9 Å². The van der Waals surface area contributed by atoms with Crippen LogP contribution in [0.1, 0.15) is 60.8 Å². The lowest BCUT2D eigenvalue weighted by molar-refractivity contribution is -0.132. The van der Waals surface area contributed by atoms with Crippen molar-refractivity contribution in [3.63, 3.8) is 0 Å². The van der Waals surface area contributed by atoms with E-state index in [1.54, 1.807) is 0 Å². The average Bonchev–Trinajstić information content (AvgIpc) is 2.27. The third-order valence-corrected chi connectivity index (χ3v) is 3.57. The van der Waals surface area contributed by atoms with Crippen LogP contribution in [0.25, 0.3) is 0 Å². The Kier molecular flexibility index (Phi) is 9.07. The van der Waals surface area contributed by atoms with Crippen LogP contribution < -0.4 is 5.73 Å². The van der Waals surface area contributed by atoms with Crippen LogP contribution in [0.4, 0.5) is 0 Å². The number of hydrogen-bond acceptors (Lipinski definition) is 2. The Balaban J connectivity index is 4.39. The molecule has 0 radical (unpaired) electrons. The maximum atomic E-state index is 12.3. The van der Waals surface area contributed by atoms with Crippen LogP contribution in [0.3, 0.4) is 0 Å². The standard InChI is InChI=1S/C16H34N2O/c1-12(2)7-9-18(10-8-13(3)4)16(19)11-15(17)14(5)6/h12-15H,7-11,17H2,1-6H3. The normalized spacial score (nSPS) is 13.4. The molecule has 0 bridgehead atoms. The Labute approximate surface area is 119 Å². The molecule has 0 aliphatic carbocycles. The first-order valence-electron chi connectivity index (χ1n) is 7.77. The first-order chi connectivity index (χ1) is 8.73. The van der Waals surface area contributed by atoms with Crippen molar-refractivity contribution < 1.29 is 4.79 Å². The average molecular weight is 270 g/mol. The Morgan fingerprint density at radius 3 is 1.68 bits per heavy atom. The van der Waals surface area contributed by atoms with Crippen molar-refractivity contribution in [3.05, 3.63) is 0 Å². The maximum absolute atomic E-state index is 12.3. The SMILES string of the molecule is CC(C)CCN(CCC(C)C)C(=O)CC(N)C(C)C. The zero-order valence-corrected chi connectivity index (χ0v) is 13.8. The molecule has 0 aromatic heterocycles. The fourth-order valence-corrected chi connectivity index (χ4v) is 1.76. The van der Waals surface area contributed by atoms with E-state index >= 15 is 0 Å². The van der Waals surface area contributed by atoms with Gasteiger partial charge in [-0.2, -0.15) is 0 Å². The predicted molar refractivity (Wildman–Crippen MR) is 82.9 cm³/mol. The quantitative estimate of drug-likeness (QED) is 0.699. The van der Waals surface area contributed by atoms with Crippen LogP contribution in [-0.2, 0) is 4.79 Å². The lowest BCUT2D eigenvalue weighted by Gasteiger charge is -2.26. The summed E-state index contributed by atoms with van der Waals surface area (Å²) < 4.78 is 0. The monoisotopic (exact) mass is 270 g/mol. The summed E-state index contributed by atoms with van der Waals surface area (Å²) in [6.07, 6.45) is 2.62. The molecule has 0 aromatic rings. The highest BCUT2D eigenvalue weighted by Crippen LogP contribution is 2.11. The number of amides is 1. The Morgan fingerprint density at radius 1 is 0.947 bits per heavy atom. The first-order valence-corrected chi connectivity index (χ1v) is 7.77. The molecule has 0 aliphatic rings. The summed E-state index contributed by atoms with van der Waals surface area (Å²) in [6, 6.07) is -0.0203. The molecule has 114 valence electrons. The van der Waals surface area contributed by atoms with Crippen LogP contribution in [-0.4, -0.2) is 29.9 Å². The van der Waals surface area contributed by atoms with E-state index in [0.29, 0.717) is 24.2 Å². The van der Waals surface area contributed by atoms with Crippen molar-refractivity contribution in [2.24, 2.45) is 23.5 Å². The molecular weight excluding hydrogens is 236 g/mol. The van der Waals surface area contributed by atoms with Crippen LogP contribution in [0, 0.1) is 17.8 Å². The van der Waals surface area contributed by atoms with Gasteiger partial charge in [0.1, 0.15) is 0 Å². The van der Waals surface area contributed by atoms with Gasteiger partial charge in [0.15, 0.2) is 0 Å². The minimum absolute atomic E-state index is 0.0203. The number of nitrogens with two attached hydrogens (primary N) is 1. The topological polar surface area (TPSA) is 46.3 Å². The summed E-state index contributed by atoms with van der Waals surface area (Å²) in [5.41, 5.74) is 6.02. The largest absolute Gasteiger partial charge is 0.343 e. The summed E-state index contributed by atoms with van der Waals surface area (Å²) in [4.78, 5) is 14.3. The minimum atomic E-state index is -0.0203. The lowest BCUT2D eigenvalue weighted by atomic mass is 10.0. The molecule has 19 heavy (non-hydrogen) atoms. The van der Waals surface area contributed by atoms with Gasteiger partial charge in [-0.1, -0.05) is 41.5 Å². The summed E-state index contributed by atoms with van der Waals surface area (Å²) in [6.45, 7) is 14.7. The summed E-state index contributed by atoms with van der Waals surface area (Å²) >= 11 is 0. The van der Waals surface area contributed by atoms with Gasteiger partial charge < -0.3 is 10.6 Å². The zero-order valence-electron chi connectivity index (χ0n) is 13.8. The molecule has 0 saturated heterocycles. The molecule has 0 heterocycles. The van der Waals surface area contributed by atoms with Crippen molar-refractivity contribution >= 4 is 5.91 Å². The van der Waals surface area contributed by atoms with Gasteiger partial charge in [0.2, 0.25) is 5.91 Å². The van der Waals surface area contributed by atoms with Crippen molar-refractivity contribution in [3.8, 4) is 0 Å². The van der Waals surface area contributed by atoms with Gasteiger partial charge in [0.25, 0.3) is 0 Å². The molecule has 0 rings (SSSR count). The van der Waals surface area contributed by atoms with Gasteiger partial charge in [0, 0.05) is 25.6 Å². The highest BCUT2D eigenvalue weighted by molar-refractivity contribution is 5.76. The zero-order chi connectivity index (χ0) is 15.0. The second-order valence-electron chi connectivity index (χ2n) is 6.86. The molecule has 3 heteroatoms. The molecule has 0 spiro atoms. The van der Waals surface area contributed by atoms with Crippen molar-refractivity contribution in [2.45, 2.75) is 66.8 Å². The third-order valence-electron chi connectivity index (χ3n) is 3.57. The van der Waals surface area contributed by atoms with Crippen molar-refractivity contribution in [1.82, 2.24) is 4.90 Å². The van der Waals surface area contributed by atoms with Crippen molar-refractivity contribution in [2.75, 3.05) is 13.1 Å². The molecule has 0 fully saturated rings. The van der Waals surface area contributed by atoms with Crippen LogP contribution in [0.15, 0.2) is 0 Å². The smallest absolute Gasteiger partial charge is 0.224 e. The van der Waals surface area contributed by atoms with Crippen molar-refractivity contribution in [1.29, 1.82) is 0 Å². The van der Waals surface area contributed by atoms with E-state index in [4.69, 9.17) is 5.73 Å². The third kappa shape index (κ3) is 9.04. The second kappa shape index (κ2) is 9.35. The maximum Gasteiger partial charge on any atom is 0.224 e. The fraction of sp³-hybridized carbons (Fsp3) is 0.938. The minimum Gasteiger partial charge on any atom is -0.343 e. The highest BCUT2D eigenvalue weighted by Gasteiger charge is 2.19. The molecule has 1 unspecified atom stereocenters. The molecule has 2 N–H and O–H groups in total. The van der Waals surface area contributed by atoms with Crippen LogP contribution in [0.2, 0.25) is 0 Å². The van der Waals surface area contributed by atoms with E-state index in [1.807, 2.05) is 4.90 Å². The van der Waals surface area contributed by atoms with E-state index in [9.17, 15) is 4.79 Å². The molecule has 0 aliphatic heterocycles. The van der Waals surface area contributed by atoms with E-state index in [2.05, 4.69) is 41.5 Å². The summed E-state index contributed by atoms with van der Waals surface area (Å²) in [7, 11) is 0. The summed E-state index contributed by atoms with van der Waals surface area (Å²) in [5.74, 6) is 1.85. The van der Waals surface area contributed by atoms with E-state index in [0.717, 1.165) is 25.9 Å². The first kappa shape index (κ1) is 18.4. The fourth-order valence-electron chi connectivity index (χ4n) is 1.76. The van der Waals surface area contributed by atoms with Gasteiger partial charge >= 0.3 is 0 Å². The summed E-state index contributed by atoms with van der Waals surface area (Å²) in [5, 5.41) is 0. The Morgan fingerprint density at radius 2 is 1.37 bits per heavy atom. The number of nitrogens with zero attached hydrogens (tertiary/aromatic N) is 1. The van der Waals surface area contributed by atoms with Gasteiger partial charge in [-0.15, -0.1) is 0 Å². The van der Waals surface area contributed by atoms with Crippen LogP contribution >= 0.6 is 0 Å². The van der Waals surface area contributed by atoms with Gasteiger partial charge in [-0.25, -0.2) is 0 Å². The van der Waals surface area contributed by atoms with Gasteiger partial charge in [0.05, 0.1) is 0 Å². The molecule has 3 nitrogen and oxygen atoms in total. The van der Waals surface area contributed by atoms with Gasteiger partial charge in [-0.05, 0) is 30.6 Å². The molecule has 0 saturated carbocycles. The highest BCUT2D eigenvalue weighted by atomic mass is 16.2. The predicted octanol–water partition coefficient (Wildman–Crippen LogP) is 3.28. The number of carbonyl (C=O) groups is 1. The van der Waals surface area contributed by atoms with E-state index < -0.39 is 0 Å². The number of carbonyl (C=O) groups excluding carboxylic acids is 1. The van der Waals surface area contributed by atoms with E-state index in [1.165, 1.54) is 0 Å². The molecular formula is C16H34N2O. The number of hydrogen-bond donors (Lipinski definition) is 1. The molecule has 0 aromatic carbocycles. The molecule has 1 atom stereocenters. The lowest BCUT2D eigenvalue weighted by Crippen LogP contribution is -2.39. The Bertz CT molecular complexity index is 237.